The Bertz CT molecular complexity index is 1310. The molecule has 30 heavy (non-hydrogen) atoms. The number of para-hydroxylation sites is 1. The van der Waals surface area contributed by atoms with Crippen LogP contribution in [0.15, 0.2) is 88.1 Å². The van der Waals surface area contributed by atoms with Gasteiger partial charge in [0, 0.05) is 7.05 Å². The van der Waals surface area contributed by atoms with Crippen molar-refractivity contribution in [2.45, 2.75) is 12.6 Å². The molecule has 3 aromatic carbocycles. The first-order valence-electron chi connectivity index (χ1n) is 9.73. The first-order chi connectivity index (χ1) is 14.6. The van der Waals surface area contributed by atoms with Crippen LogP contribution >= 0.6 is 0 Å². The second-order valence-corrected chi connectivity index (χ2v) is 7.34. The molecule has 4 aromatic rings. The fourth-order valence-corrected chi connectivity index (χ4v) is 3.94. The molecular formula is C25H19NO4. The molecule has 0 radical (unpaired) electrons. The molecule has 0 saturated heterocycles. The van der Waals surface area contributed by atoms with Crippen molar-refractivity contribution >= 4 is 16.9 Å². The van der Waals surface area contributed by atoms with Crippen LogP contribution in [0.1, 0.15) is 33.3 Å². The summed E-state index contributed by atoms with van der Waals surface area (Å²) in [5, 5.41) is 0.473. The number of rotatable bonds is 4. The summed E-state index contributed by atoms with van der Waals surface area (Å²) in [4.78, 5) is 27.6. The number of hydrogen-bond donors (Lipinski definition) is 0. The minimum Gasteiger partial charge on any atom is -0.489 e. The first kappa shape index (κ1) is 18.2. The highest BCUT2D eigenvalue weighted by atomic mass is 16.5. The van der Waals surface area contributed by atoms with Gasteiger partial charge >= 0.3 is 0 Å². The maximum atomic E-state index is 13.2. The molecule has 0 spiro atoms. The number of hydrogen-bond acceptors (Lipinski definition) is 4. The van der Waals surface area contributed by atoms with E-state index in [0.717, 1.165) is 11.1 Å². The fraction of sp³-hybridized carbons (Fsp3) is 0.120. The lowest BCUT2D eigenvalue weighted by atomic mass is 9.98. The summed E-state index contributed by atoms with van der Waals surface area (Å²) < 4.78 is 11.8. The summed E-state index contributed by atoms with van der Waals surface area (Å²) in [5.74, 6) is 0.492. The molecule has 0 aliphatic carbocycles. The molecule has 0 N–H and O–H groups in total. The van der Waals surface area contributed by atoms with Crippen LogP contribution in [0.3, 0.4) is 0 Å². The summed E-state index contributed by atoms with van der Waals surface area (Å²) in [6.07, 6.45) is 0. The van der Waals surface area contributed by atoms with E-state index in [0.29, 0.717) is 28.9 Å². The van der Waals surface area contributed by atoms with E-state index in [4.69, 9.17) is 9.15 Å². The van der Waals surface area contributed by atoms with Gasteiger partial charge in [-0.3, -0.25) is 9.59 Å². The molecule has 5 rings (SSSR count). The van der Waals surface area contributed by atoms with Crippen LogP contribution < -0.4 is 10.2 Å². The molecule has 0 fully saturated rings. The van der Waals surface area contributed by atoms with Crippen molar-refractivity contribution in [1.29, 1.82) is 0 Å². The third-order valence-electron chi connectivity index (χ3n) is 5.43. The highest BCUT2D eigenvalue weighted by Crippen LogP contribution is 2.37. The molecule has 2 heterocycles. The Hall–Kier alpha value is -3.86. The number of carbonyl (C=O) groups is 1. The number of benzene rings is 3. The molecule has 148 valence electrons. The van der Waals surface area contributed by atoms with Gasteiger partial charge in [0.25, 0.3) is 5.91 Å². The summed E-state index contributed by atoms with van der Waals surface area (Å²) in [6, 6.07) is 23.9. The van der Waals surface area contributed by atoms with E-state index >= 15 is 0 Å². The Morgan fingerprint density at radius 3 is 2.53 bits per heavy atom. The summed E-state index contributed by atoms with van der Waals surface area (Å²) >= 11 is 0. The van der Waals surface area contributed by atoms with Crippen molar-refractivity contribution in [3.05, 3.63) is 112 Å². The van der Waals surface area contributed by atoms with E-state index in [2.05, 4.69) is 0 Å². The van der Waals surface area contributed by atoms with Crippen LogP contribution in [0.5, 0.6) is 5.75 Å². The topological polar surface area (TPSA) is 59.8 Å². The van der Waals surface area contributed by atoms with Crippen molar-refractivity contribution in [3.8, 4) is 5.75 Å². The Kier molecular flexibility index (Phi) is 4.36. The normalized spacial score (nSPS) is 15.4. The molecule has 5 nitrogen and oxygen atoms in total. The van der Waals surface area contributed by atoms with Crippen molar-refractivity contribution in [2.75, 3.05) is 7.05 Å². The predicted molar refractivity (Wildman–Crippen MR) is 114 cm³/mol. The van der Waals surface area contributed by atoms with E-state index in [-0.39, 0.29) is 17.1 Å². The monoisotopic (exact) mass is 397 g/mol. The largest absolute Gasteiger partial charge is 0.489 e. The van der Waals surface area contributed by atoms with Gasteiger partial charge in [-0.2, -0.15) is 0 Å². The Morgan fingerprint density at radius 2 is 1.70 bits per heavy atom. The second kappa shape index (κ2) is 7.19. The smallest absolute Gasteiger partial charge is 0.290 e. The quantitative estimate of drug-likeness (QED) is 0.507. The Labute approximate surface area is 173 Å². The minimum absolute atomic E-state index is 0.113. The SMILES string of the molecule is CN1C(=O)c2oc3ccccc3c(=O)c2[C@H]1c1cccc(OCc2ccccc2)c1. The van der Waals surface area contributed by atoms with Crippen LogP contribution in [-0.4, -0.2) is 17.9 Å². The van der Waals surface area contributed by atoms with Crippen LogP contribution in [0.25, 0.3) is 11.0 Å². The van der Waals surface area contributed by atoms with Crippen molar-refractivity contribution in [1.82, 2.24) is 4.90 Å². The molecule has 1 atom stereocenters. The number of fused-ring (bicyclic) bond motifs is 2. The predicted octanol–water partition coefficient (Wildman–Crippen LogP) is 4.55. The lowest BCUT2D eigenvalue weighted by Crippen LogP contribution is -2.25. The highest BCUT2D eigenvalue weighted by Gasteiger charge is 2.40. The summed E-state index contributed by atoms with van der Waals surface area (Å²) in [6.45, 7) is 0.438. The molecule has 1 aliphatic heterocycles. The van der Waals surface area contributed by atoms with Crippen LogP contribution in [0.2, 0.25) is 0 Å². The zero-order valence-corrected chi connectivity index (χ0v) is 16.4. The molecule has 5 heteroatoms. The standard InChI is InChI=1S/C25H19NO4/c1-26-22(17-10-7-11-18(14-17)29-15-16-8-3-2-4-9-16)21-23(27)19-12-5-6-13-20(19)30-24(21)25(26)28/h2-14,22H,15H2,1H3/t22-/m1/s1. The van der Waals surface area contributed by atoms with Crippen LogP contribution in [0.4, 0.5) is 0 Å². The number of amides is 1. The zero-order valence-electron chi connectivity index (χ0n) is 16.4. The van der Waals surface area contributed by atoms with Gasteiger partial charge in [0.05, 0.1) is 17.0 Å². The zero-order chi connectivity index (χ0) is 20.7. The van der Waals surface area contributed by atoms with Gasteiger partial charge in [0.1, 0.15) is 17.9 Å². The van der Waals surface area contributed by atoms with Crippen molar-refractivity contribution < 1.29 is 13.9 Å². The van der Waals surface area contributed by atoms with Gasteiger partial charge in [0.2, 0.25) is 5.76 Å². The van der Waals surface area contributed by atoms with Gasteiger partial charge in [-0.15, -0.1) is 0 Å². The molecule has 0 unspecified atom stereocenters. The number of carbonyl (C=O) groups excluding carboxylic acids is 1. The second-order valence-electron chi connectivity index (χ2n) is 7.34. The van der Waals surface area contributed by atoms with E-state index in [9.17, 15) is 9.59 Å². The number of nitrogens with zero attached hydrogens (tertiary/aromatic N) is 1. The Balaban J connectivity index is 1.55. The molecule has 0 bridgehead atoms. The summed E-state index contributed by atoms with van der Waals surface area (Å²) in [7, 11) is 1.68. The molecule has 1 aliphatic rings. The van der Waals surface area contributed by atoms with Crippen molar-refractivity contribution in [3.63, 3.8) is 0 Å². The third kappa shape index (κ3) is 2.95. The average Bonchev–Trinajstić information content (AvgIpc) is 3.04. The number of ether oxygens (including phenoxy) is 1. The van der Waals surface area contributed by atoms with Crippen molar-refractivity contribution in [2.24, 2.45) is 0 Å². The van der Waals surface area contributed by atoms with Crippen LogP contribution in [0, 0.1) is 0 Å². The minimum atomic E-state index is -0.520. The fourth-order valence-electron chi connectivity index (χ4n) is 3.94. The van der Waals surface area contributed by atoms with Gasteiger partial charge in [-0.1, -0.05) is 54.6 Å². The van der Waals surface area contributed by atoms with Gasteiger partial charge < -0.3 is 14.1 Å². The highest BCUT2D eigenvalue weighted by molar-refractivity contribution is 5.98. The van der Waals surface area contributed by atoms with E-state index < -0.39 is 6.04 Å². The van der Waals surface area contributed by atoms with E-state index in [1.807, 2.05) is 54.6 Å². The molecular weight excluding hydrogens is 378 g/mol. The Morgan fingerprint density at radius 1 is 0.933 bits per heavy atom. The van der Waals surface area contributed by atoms with E-state index in [1.165, 1.54) is 0 Å². The maximum Gasteiger partial charge on any atom is 0.290 e. The van der Waals surface area contributed by atoms with Gasteiger partial charge in [-0.05, 0) is 35.4 Å². The lowest BCUT2D eigenvalue weighted by molar-refractivity contribution is 0.0771. The van der Waals surface area contributed by atoms with Gasteiger partial charge in [-0.25, -0.2) is 0 Å². The van der Waals surface area contributed by atoms with E-state index in [1.54, 1.807) is 36.2 Å². The lowest BCUT2D eigenvalue weighted by Gasteiger charge is -2.21. The average molecular weight is 397 g/mol. The maximum absolute atomic E-state index is 13.2. The van der Waals surface area contributed by atoms with Crippen LogP contribution in [-0.2, 0) is 6.61 Å². The summed E-state index contributed by atoms with van der Waals surface area (Å²) in [5.41, 5.74) is 2.49. The molecule has 0 saturated carbocycles. The first-order valence-corrected chi connectivity index (χ1v) is 9.73. The molecule has 1 aromatic heterocycles. The van der Waals surface area contributed by atoms with Gasteiger partial charge in [0.15, 0.2) is 5.43 Å². The molecule has 1 amide bonds. The third-order valence-corrected chi connectivity index (χ3v) is 5.43.